The minimum absolute atomic E-state index is 0.415. The van der Waals surface area contributed by atoms with Crippen molar-refractivity contribution in [2.45, 2.75) is 23.7 Å². The molecule has 1 atom stereocenters. The van der Waals surface area contributed by atoms with Crippen LogP contribution in [0.5, 0.6) is 0 Å². The number of thiazole rings is 1. The van der Waals surface area contributed by atoms with E-state index in [1.807, 2.05) is 17.5 Å². The molecule has 3 rings (SSSR count). The van der Waals surface area contributed by atoms with Crippen LogP contribution in [0.25, 0.3) is 0 Å². The fourth-order valence-electron chi connectivity index (χ4n) is 2.30. The molecule has 0 spiro atoms. The molecule has 0 saturated carbocycles. The zero-order chi connectivity index (χ0) is 19.9. The van der Waals surface area contributed by atoms with Gasteiger partial charge in [-0.3, -0.25) is 4.79 Å². The number of nitrogens with zero attached hydrogens (tertiary/aromatic N) is 1. The van der Waals surface area contributed by atoms with E-state index in [-0.39, 0.29) is 0 Å². The number of ether oxygens (including phenoxy) is 1. The first-order valence-corrected chi connectivity index (χ1v) is 10.7. The molecule has 0 aliphatic rings. The molecule has 144 valence electrons. The third-order valence-corrected chi connectivity index (χ3v) is 5.82. The van der Waals surface area contributed by atoms with Gasteiger partial charge in [0.1, 0.15) is 0 Å². The molecule has 1 amide bonds. The highest BCUT2D eigenvalue weighted by Gasteiger charge is 2.21. The molecule has 0 aliphatic carbocycles. The first-order chi connectivity index (χ1) is 13.5. The Labute approximate surface area is 176 Å². The standard InChI is InChI=1S/C20H17ClN2O3S2/c1-13(19(24)23-17-8-4-3-7-16(17)21)26-20(25)15-6-2-5-9-18(15)28-11-14-10-27-12-22-14/h2-10,12-13H,11H2,1H3,(H,23,24). The number of carbonyl (C=O) groups excluding carboxylic acids is 2. The number of hydrogen-bond donors (Lipinski definition) is 1. The molecule has 1 N–H and O–H groups in total. The average Bonchev–Trinajstić information content (AvgIpc) is 3.22. The first-order valence-electron chi connectivity index (χ1n) is 8.40. The molecule has 8 heteroatoms. The first kappa shape index (κ1) is 20.4. The quantitative estimate of drug-likeness (QED) is 0.406. The van der Waals surface area contributed by atoms with E-state index in [9.17, 15) is 9.59 Å². The molecule has 1 unspecified atom stereocenters. The summed E-state index contributed by atoms with van der Waals surface area (Å²) in [7, 11) is 0. The largest absolute Gasteiger partial charge is 0.449 e. The summed E-state index contributed by atoms with van der Waals surface area (Å²) >= 11 is 9.07. The van der Waals surface area contributed by atoms with Gasteiger partial charge in [-0.2, -0.15) is 0 Å². The second-order valence-corrected chi connectivity index (χ2v) is 7.92. The Morgan fingerprint density at radius 2 is 1.96 bits per heavy atom. The normalized spacial score (nSPS) is 11.6. The van der Waals surface area contributed by atoms with Crippen LogP contribution in [0, 0.1) is 0 Å². The van der Waals surface area contributed by atoms with Gasteiger partial charge >= 0.3 is 5.97 Å². The number of para-hydroxylation sites is 1. The fraction of sp³-hybridized carbons (Fsp3) is 0.150. The van der Waals surface area contributed by atoms with Crippen LogP contribution in [-0.2, 0) is 15.3 Å². The number of hydrogen-bond acceptors (Lipinski definition) is 6. The minimum atomic E-state index is -0.972. The molecular weight excluding hydrogens is 416 g/mol. The minimum Gasteiger partial charge on any atom is -0.449 e. The van der Waals surface area contributed by atoms with Crippen LogP contribution in [0.4, 0.5) is 5.69 Å². The molecule has 2 aromatic carbocycles. The molecular formula is C20H17ClN2O3S2. The van der Waals surface area contributed by atoms with E-state index >= 15 is 0 Å². The van der Waals surface area contributed by atoms with Crippen LogP contribution >= 0.6 is 34.7 Å². The van der Waals surface area contributed by atoms with Gasteiger partial charge in [0.2, 0.25) is 0 Å². The molecule has 1 aromatic heterocycles. The van der Waals surface area contributed by atoms with Crippen molar-refractivity contribution in [3.63, 3.8) is 0 Å². The molecule has 0 aliphatic heterocycles. The van der Waals surface area contributed by atoms with E-state index in [4.69, 9.17) is 16.3 Å². The number of aromatic nitrogens is 1. The molecule has 0 saturated heterocycles. The smallest absolute Gasteiger partial charge is 0.340 e. The second kappa shape index (κ2) is 9.73. The molecule has 1 heterocycles. The maximum absolute atomic E-state index is 12.6. The van der Waals surface area contributed by atoms with E-state index in [0.29, 0.717) is 22.0 Å². The molecule has 5 nitrogen and oxygen atoms in total. The predicted octanol–water partition coefficient (Wildman–Crippen LogP) is 5.27. The summed E-state index contributed by atoms with van der Waals surface area (Å²) in [6, 6.07) is 14.0. The van der Waals surface area contributed by atoms with E-state index in [1.165, 1.54) is 30.0 Å². The highest BCUT2D eigenvalue weighted by molar-refractivity contribution is 7.98. The van der Waals surface area contributed by atoms with E-state index in [0.717, 1.165) is 10.6 Å². The van der Waals surface area contributed by atoms with Crippen molar-refractivity contribution < 1.29 is 14.3 Å². The number of anilines is 1. The highest BCUT2D eigenvalue weighted by atomic mass is 35.5. The van der Waals surface area contributed by atoms with Gasteiger partial charge in [0.25, 0.3) is 5.91 Å². The molecule has 0 fully saturated rings. The topological polar surface area (TPSA) is 68.3 Å². The van der Waals surface area contributed by atoms with Crippen LogP contribution < -0.4 is 5.32 Å². The summed E-state index contributed by atoms with van der Waals surface area (Å²) in [6.45, 7) is 1.52. The SMILES string of the molecule is CC(OC(=O)c1ccccc1SCc1cscn1)C(=O)Nc1ccccc1Cl. The number of halogens is 1. The lowest BCUT2D eigenvalue weighted by molar-refractivity contribution is -0.123. The number of rotatable bonds is 7. The van der Waals surface area contributed by atoms with Crippen molar-refractivity contribution in [1.29, 1.82) is 0 Å². The van der Waals surface area contributed by atoms with Gasteiger partial charge < -0.3 is 10.1 Å². The number of benzene rings is 2. The van der Waals surface area contributed by atoms with Crippen molar-refractivity contribution in [2.75, 3.05) is 5.32 Å². The highest BCUT2D eigenvalue weighted by Crippen LogP contribution is 2.27. The molecule has 3 aromatic rings. The van der Waals surface area contributed by atoms with Crippen LogP contribution in [-0.4, -0.2) is 23.0 Å². The Bertz CT molecular complexity index is 964. The van der Waals surface area contributed by atoms with E-state index in [2.05, 4.69) is 10.3 Å². The van der Waals surface area contributed by atoms with E-state index in [1.54, 1.807) is 41.9 Å². The lowest BCUT2D eigenvalue weighted by atomic mass is 10.2. The average molecular weight is 433 g/mol. The summed E-state index contributed by atoms with van der Waals surface area (Å²) < 4.78 is 5.37. The van der Waals surface area contributed by atoms with Gasteiger partial charge in [-0.15, -0.1) is 23.1 Å². The Hall–Kier alpha value is -2.35. The maximum atomic E-state index is 12.6. The fourth-order valence-corrected chi connectivity index (χ4v) is 4.09. The summed E-state index contributed by atoms with van der Waals surface area (Å²) in [5.41, 5.74) is 3.61. The third kappa shape index (κ3) is 5.34. The van der Waals surface area contributed by atoms with Gasteiger partial charge in [0, 0.05) is 16.0 Å². The zero-order valence-electron chi connectivity index (χ0n) is 14.9. The Morgan fingerprint density at radius 3 is 2.71 bits per heavy atom. The Morgan fingerprint density at radius 1 is 1.21 bits per heavy atom. The summed E-state index contributed by atoms with van der Waals surface area (Å²) in [5.74, 6) is -0.353. The van der Waals surface area contributed by atoms with Gasteiger partial charge in [-0.05, 0) is 31.2 Å². The van der Waals surface area contributed by atoms with Crippen LogP contribution in [0.15, 0.2) is 64.3 Å². The summed E-state index contributed by atoms with van der Waals surface area (Å²) in [5, 5.41) is 5.05. The van der Waals surface area contributed by atoms with Gasteiger partial charge in [-0.25, -0.2) is 9.78 Å². The zero-order valence-corrected chi connectivity index (χ0v) is 17.3. The van der Waals surface area contributed by atoms with Crippen LogP contribution in [0.2, 0.25) is 5.02 Å². The summed E-state index contributed by atoms with van der Waals surface area (Å²) in [6.07, 6.45) is -0.972. The van der Waals surface area contributed by atoms with Gasteiger partial charge in [0.15, 0.2) is 6.10 Å². The number of carbonyl (C=O) groups is 2. The van der Waals surface area contributed by atoms with Gasteiger partial charge in [0.05, 0.1) is 27.5 Å². The van der Waals surface area contributed by atoms with Crippen molar-refractivity contribution in [1.82, 2.24) is 4.98 Å². The molecule has 28 heavy (non-hydrogen) atoms. The Kier molecular flexibility index (Phi) is 7.08. The lowest BCUT2D eigenvalue weighted by Crippen LogP contribution is -2.30. The van der Waals surface area contributed by atoms with Crippen molar-refractivity contribution in [2.24, 2.45) is 0 Å². The number of nitrogens with one attached hydrogen (secondary N) is 1. The molecule has 0 bridgehead atoms. The van der Waals surface area contributed by atoms with Crippen LogP contribution in [0.1, 0.15) is 23.0 Å². The maximum Gasteiger partial charge on any atom is 0.340 e. The van der Waals surface area contributed by atoms with Crippen molar-refractivity contribution in [3.05, 3.63) is 75.7 Å². The van der Waals surface area contributed by atoms with Gasteiger partial charge in [-0.1, -0.05) is 35.9 Å². The number of amides is 1. The van der Waals surface area contributed by atoms with Crippen molar-refractivity contribution in [3.8, 4) is 0 Å². The number of esters is 1. The second-order valence-electron chi connectivity index (χ2n) is 5.78. The molecule has 0 radical (unpaired) electrons. The monoisotopic (exact) mass is 432 g/mol. The Balaban J connectivity index is 1.63. The predicted molar refractivity (Wildman–Crippen MR) is 113 cm³/mol. The summed E-state index contributed by atoms with van der Waals surface area (Å²) in [4.78, 5) is 30.0. The van der Waals surface area contributed by atoms with Crippen molar-refractivity contribution >= 4 is 52.3 Å². The van der Waals surface area contributed by atoms with Crippen LogP contribution in [0.3, 0.4) is 0 Å². The van der Waals surface area contributed by atoms with E-state index < -0.39 is 18.0 Å². The third-order valence-electron chi connectivity index (χ3n) is 3.75. The number of thioether (sulfide) groups is 1. The lowest BCUT2D eigenvalue weighted by Gasteiger charge is -2.15.